The average Bonchev–Trinajstić information content (AvgIpc) is 3.11. The Bertz CT molecular complexity index is 1600. The van der Waals surface area contributed by atoms with Crippen LogP contribution in [0.5, 0.6) is 0 Å². The van der Waals surface area contributed by atoms with E-state index in [4.69, 9.17) is 0 Å². The third-order valence-electron chi connectivity index (χ3n) is 7.80. The van der Waals surface area contributed by atoms with Gasteiger partial charge in [-0.25, -0.2) is 0 Å². The topological polar surface area (TPSA) is 0 Å². The molecule has 0 N–H and O–H groups in total. The van der Waals surface area contributed by atoms with Gasteiger partial charge >= 0.3 is 0 Å². The number of rotatable bonds is 4. The Morgan fingerprint density at radius 3 is 1.94 bits per heavy atom. The van der Waals surface area contributed by atoms with Crippen LogP contribution in [0.2, 0.25) is 0 Å². The zero-order valence-corrected chi connectivity index (χ0v) is 20.3. The lowest BCUT2D eigenvalue weighted by Crippen LogP contribution is -2.18. The molecule has 0 bridgehead atoms. The van der Waals surface area contributed by atoms with Gasteiger partial charge in [0.2, 0.25) is 0 Å². The van der Waals surface area contributed by atoms with Crippen molar-refractivity contribution in [3.05, 3.63) is 120 Å². The van der Waals surface area contributed by atoms with Crippen molar-refractivity contribution in [2.24, 2.45) is 0 Å². The first kappa shape index (κ1) is 20.9. The van der Waals surface area contributed by atoms with Gasteiger partial charge in [0.1, 0.15) is 0 Å². The Balaban J connectivity index is 1.77. The molecular formula is C34H30. The van der Waals surface area contributed by atoms with E-state index < -0.39 is 0 Å². The van der Waals surface area contributed by atoms with E-state index in [9.17, 15) is 0 Å². The van der Waals surface area contributed by atoms with Crippen LogP contribution in [-0.4, -0.2) is 0 Å². The fraction of sp³-hybridized carbons (Fsp3) is 0.176. The molecule has 34 heavy (non-hydrogen) atoms. The highest BCUT2D eigenvalue weighted by Gasteiger charge is 2.40. The standard InChI is InChI=1S/C34H30/c1-5-6-14-28-26(23-15-8-7-13-22(23)2)20-21-30-31-27-18-11-9-16-24(27)25-17-10-12-19-29(25)33(31)34(3,4)32(28)30/h5,7-13,15-21H,1,6,14H2,2-4H3. The van der Waals surface area contributed by atoms with Gasteiger partial charge in [-0.05, 0) is 85.8 Å². The zero-order chi connectivity index (χ0) is 23.4. The predicted octanol–water partition coefficient (Wildman–Crippen LogP) is 9.39. The van der Waals surface area contributed by atoms with Crippen LogP contribution < -0.4 is 0 Å². The van der Waals surface area contributed by atoms with Crippen molar-refractivity contribution in [3.63, 3.8) is 0 Å². The summed E-state index contributed by atoms with van der Waals surface area (Å²) < 4.78 is 0. The van der Waals surface area contributed by atoms with Crippen LogP contribution >= 0.6 is 0 Å². The van der Waals surface area contributed by atoms with E-state index in [-0.39, 0.29) is 5.41 Å². The minimum absolute atomic E-state index is 0.0938. The second-order valence-corrected chi connectivity index (χ2v) is 10.1. The van der Waals surface area contributed by atoms with Crippen LogP contribution in [0.4, 0.5) is 0 Å². The van der Waals surface area contributed by atoms with E-state index in [0.717, 1.165) is 12.8 Å². The molecule has 0 unspecified atom stereocenters. The lowest BCUT2D eigenvalue weighted by Gasteiger charge is -2.27. The lowest BCUT2D eigenvalue weighted by atomic mass is 9.75. The number of benzene rings is 5. The Morgan fingerprint density at radius 2 is 1.24 bits per heavy atom. The van der Waals surface area contributed by atoms with Crippen LogP contribution in [0.15, 0.2) is 97.6 Å². The monoisotopic (exact) mass is 438 g/mol. The fourth-order valence-electron chi connectivity index (χ4n) is 6.40. The van der Waals surface area contributed by atoms with Gasteiger partial charge in [-0.1, -0.05) is 105 Å². The highest BCUT2D eigenvalue weighted by atomic mass is 14.4. The summed E-state index contributed by atoms with van der Waals surface area (Å²) in [7, 11) is 0. The van der Waals surface area contributed by atoms with E-state index in [2.05, 4.69) is 118 Å². The smallest absolute Gasteiger partial charge is 0.0168 e. The van der Waals surface area contributed by atoms with Crippen molar-refractivity contribution in [2.45, 2.75) is 39.0 Å². The number of fused-ring (bicyclic) bond motifs is 8. The summed E-state index contributed by atoms with van der Waals surface area (Å²) in [6.45, 7) is 11.1. The first-order chi connectivity index (χ1) is 16.5. The minimum atomic E-state index is -0.0938. The maximum absolute atomic E-state index is 4.05. The van der Waals surface area contributed by atoms with Crippen molar-refractivity contribution in [3.8, 4) is 22.3 Å². The number of hydrogen-bond acceptors (Lipinski definition) is 0. The Morgan fingerprint density at radius 1 is 0.647 bits per heavy atom. The molecule has 0 aromatic heterocycles. The normalized spacial score (nSPS) is 13.7. The van der Waals surface area contributed by atoms with Crippen molar-refractivity contribution >= 4 is 21.5 Å². The molecule has 0 radical (unpaired) electrons. The van der Waals surface area contributed by atoms with Crippen molar-refractivity contribution in [1.29, 1.82) is 0 Å². The number of aryl methyl sites for hydroxylation is 1. The van der Waals surface area contributed by atoms with Crippen molar-refractivity contribution in [1.82, 2.24) is 0 Å². The molecule has 0 nitrogen and oxygen atoms in total. The first-order valence-corrected chi connectivity index (χ1v) is 12.3. The molecular weight excluding hydrogens is 408 g/mol. The third-order valence-corrected chi connectivity index (χ3v) is 7.80. The first-order valence-electron chi connectivity index (χ1n) is 12.3. The summed E-state index contributed by atoms with van der Waals surface area (Å²) >= 11 is 0. The van der Waals surface area contributed by atoms with E-state index in [0.29, 0.717) is 0 Å². The van der Waals surface area contributed by atoms with Gasteiger partial charge in [0.05, 0.1) is 0 Å². The van der Waals surface area contributed by atoms with Crippen LogP contribution in [0.25, 0.3) is 43.8 Å². The maximum atomic E-state index is 4.05. The highest BCUT2D eigenvalue weighted by molar-refractivity contribution is 6.18. The van der Waals surface area contributed by atoms with E-state index >= 15 is 0 Å². The molecule has 0 aliphatic heterocycles. The molecule has 0 atom stereocenters. The Kier molecular flexibility index (Phi) is 4.74. The van der Waals surface area contributed by atoms with Crippen molar-refractivity contribution < 1.29 is 0 Å². The quantitative estimate of drug-likeness (QED) is 0.194. The van der Waals surface area contributed by atoms with Gasteiger partial charge in [0.25, 0.3) is 0 Å². The average molecular weight is 439 g/mol. The largest absolute Gasteiger partial charge is 0.103 e. The van der Waals surface area contributed by atoms with Gasteiger partial charge in [-0.15, -0.1) is 6.58 Å². The van der Waals surface area contributed by atoms with E-state index in [1.54, 1.807) is 0 Å². The summed E-state index contributed by atoms with van der Waals surface area (Å²) in [6, 6.07) is 31.5. The molecule has 0 fully saturated rings. The summed E-state index contributed by atoms with van der Waals surface area (Å²) in [5, 5.41) is 5.44. The molecule has 1 aliphatic carbocycles. The van der Waals surface area contributed by atoms with Gasteiger partial charge in [0, 0.05) is 5.41 Å². The number of allylic oxidation sites excluding steroid dienone is 1. The fourth-order valence-corrected chi connectivity index (χ4v) is 6.40. The zero-order valence-electron chi connectivity index (χ0n) is 20.3. The summed E-state index contributed by atoms with van der Waals surface area (Å²) in [5.41, 5.74) is 11.2. The molecule has 0 amide bonds. The molecule has 0 spiro atoms. The lowest BCUT2D eigenvalue weighted by molar-refractivity contribution is 0.656. The molecule has 166 valence electrons. The van der Waals surface area contributed by atoms with Crippen LogP contribution in [-0.2, 0) is 11.8 Å². The molecule has 6 rings (SSSR count). The summed E-state index contributed by atoms with van der Waals surface area (Å²) in [6.07, 6.45) is 4.04. The van der Waals surface area contributed by atoms with Crippen molar-refractivity contribution in [2.75, 3.05) is 0 Å². The summed E-state index contributed by atoms with van der Waals surface area (Å²) in [4.78, 5) is 0. The molecule has 0 heterocycles. The van der Waals surface area contributed by atoms with Crippen LogP contribution in [0.3, 0.4) is 0 Å². The van der Waals surface area contributed by atoms with Gasteiger partial charge in [0.15, 0.2) is 0 Å². The summed E-state index contributed by atoms with van der Waals surface area (Å²) in [5.74, 6) is 0. The second kappa shape index (κ2) is 7.71. The Hall–Kier alpha value is -3.64. The third kappa shape index (κ3) is 2.85. The minimum Gasteiger partial charge on any atom is -0.103 e. The van der Waals surface area contributed by atoms with Gasteiger partial charge in [-0.2, -0.15) is 0 Å². The molecule has 0 heteroatoms. The molecule has 1 aliphatic rings. The SMILES string of the molecule is C=CCCc1c(-c2ccccc2C)ccc2c1C(C)(C)c1c-2c2ccccc2c2ccccc12. The Labute approximate surface area is 202 Å². The van der Waals surface area contributed by atoms with E-state index in [1.807, 2.05) is 0 Å². The highest BCUT2D eigenvalue weighted by Crippen LogP contribution is 2.56. The predicted molar refractivity (Wildman–Crippen MR) is 148 cm³/mol. The van der Waals surface area contributed by atoms with Crippen LogP contribution in [0, 0.1) is 6.92 Å². The number of hydrogen-bond donors (Lipinski definition) is 0. The van der Waals surface area contributed by atoms with E-state index in [1.165, 1.54) is 66.1 Å². The second-order valence-electron chi connectivity index (χ2n) is 10.1. The van der Waals surface area contributed by atoms with Gasteiger partial charge < -0.3 is 0 Å². The molecule has 0 saturated carbocycles. The maximum Gasteiger partial charge on any atom is 0.0168 e. The molecule has 5 aromatic carbocycles. The van der Waals surface area contributed by atoms with Crippen LogP contribution in [0.1, 0.15) is 42.5 Å². The molecule has 5 aromatic rings. The van der Waals surface area contributed by atoms with Gasteiger partial charge in [-0.3, -0.25) is 0 Å². The molecule has 0 saturated heterocycles.